The number of methoxy groups -OCH3 is 1. The molecule has 1 rings (SSSR count). The molecule has 0 saturated carbocycles. The summed E-state index contributed by atoms with van der Waals surface area (Å²) in [4.78, 5) is 4.65. The van der Waals surface area contributed by atoms with Gasteiger partial charge in [0.05, 0.1) is 10.7 Å². The fraction of sp³-hybridized carbons (Fsp3) is 0.769. The number of aromatic nitrogens is 1. The second kappa shape index (κ2) is 7.09. The van der Waals surface area contributed by atoms with Crippen LogP contribution in [0, 0.1) is 0 Å². The third-order valence-corrected chi connectivity index (χ3v) is 3.77. The van der Waals surface area contributed by atoms with E-state index in [1.807, 2.05) is 0 Å². The predicted octanol–water partition coefficient (Wildman–Crippen LogP) is 2.96. The van der Waals surface area contributed by atoms with Crippen LogP contribution in [-0.4, -0.2) is 25.2 Å². The van der Waals surface area contributed by atoms with Crippen molar-refractivity contribution in [1.82, 2.24) is 10.3 Å². The molecule has 0 aliphatic heterocycles. The Kier molecular flexibility index (Phi) is 6.09. The normalized spacial score (nSPS) is 12.0. The van der Waals surface area contributed by atoms with Crippen molar-refractivity contribution in [1.29, 1.82) is 0 Å². The number of unbranched alkanes of at least 4 members (excludes halogenated alkanes) is 1. The largest absolute Gasteiger partial charge is 0.385 e. The molecule has 0 atom stereocenters. The number of ether oxygens (including phenoxy) is 1. The zero-order chi connectivity index (χ0) is 12.7. The van der Waals surface area contributed by atoms with Crippen molar-refractivity contribution < 1.29 is 4.74 Å². The molecule has 1 N–H and O–H groups in total. The second-order valence-corrected chi connectivity index (χ2v) is 6.13. The summed E-state index contributed by atoms with van der Waals surface area (Å²) in [5.41, 5.74) is 1.33. The molecule has 0 spiro atoms. The number of nitrogens with zero attached hydrogens (tertiary/aromatic N) is 1. The Morgan fingerprint density at radius 2 is 2.12 bits per heavy atom. The molecule has 0 amide bonds. The summed E-state index contributed by atoms with van der Waals surface area (Å²) in [6.07, 6.45) is 2.28. The zero-order valence-corrected chi connectivity index (χ0v) is 12.2. The molecule has 0 radical (unpaired) electrons. The van der Waals surface area contributed by atoms with E-state index in [1.165, 1.54) is 5.01 Å². The molecule has 0 aliphatic rings. The first-order valence-corrected chi connectivity index (χ1v) is 7.06. The zero-order valence-electron chi connectivity index (χ0n) is 11.4. The first-order valence-electron chi connectivity index (χ1n) is 6.18. The van der Waals surface area contributed by atoms with Crippen LogP contribution in [0.5, 0.6) is 0 Å². The second-order valence-electron chi connectivity index (χ2n) is 5.27. The Balaban J connectivity index is 2.21. The minimum Gasteiger partial charge on any atom is -0.385 e. The van der Waals surface area contributed by atoms with E-state index in [9.17, 15) is 0 Å². The van der Waals surface area contributed by atoms with Gasteiger partial charge in [0, 0.05) is 31.1 Å². The Hall–Kier alpha value is -0.450. The van der Waals surface area contributed by atoms with E-state index in [1.54, 1.807) is 18.4 Å². The van der Waals surface area contributed by atoms with Crippen LogP contribution in [0.1, 0.15) is 44.3 Å². The molecule has 1 aromatic heterocycles. The lowest BCUT2D eigenvalue weighted by atomic mass is 9.98. The molecular formula is C13H24N2OS. The molecule has 17 heavy (non-hydrogen) atoms. The molecule has 0 aromatic carbocycles. The van der Waals surface area contributed by atoms with Crippen LogP contribution in [0.2, 0.25) is 0 Å². The predicted molar refractivity (Wildman–Crippen MR) is 73.6 cm³/mol. The average Bonchev–Trinajstić information content (AvgIpc) is 2.71. The molecule has 0 saturated heterocycles. The van der Waals surface area contributed by atoms with Gasteiger partial charge in [-0.3, -0.25) is 0 Å². The van der Waals surface area contributed by atoms with Gasteiger partial charge in [0.1, 0.15) is 0 Å². The van der Waals surface area contributed by atoms with Crippen molar-refractivity contribution >= 4 is 11.3 Å². The van der Waals surface area contributed by atoms with Crippen molar-refractivity contribution in [3.63, 3.8) is 0 Å². The SMILES string of the molecule is COCCCCNCc1csc(C(C)(C)C)n1. The smallest absolute Gasteiger partial charge is 0.0982 e. The van der Waals surface area contributed by atoms with Crippen LogP contribution >= 0.6 is 11.3 Å². The van der Waals surface area contributed by atoms with Gasteiger partial charge < -0.3 is 10.1 Å². The summed E-state index contributed by atoms with van der Waals surface area (Å²) < 4.78 is 5.01. The van der Waals surface area contributed by atoms with Gasteiger partial charge in [-0.1, -0.05) is 20.8 Å². The summed E-state index contributed by atoms with van der Waals surface area (Å²) >= 11 is 1.76. The van der Waals surface area contributed by atoms with Gasteiger partial charge in [0.2, 0.25) is 0 Å². The molecule has 1 aromatic rings. The van der Waals surface area contributed by atoms with Crippen LogP contribution in [0.4, 0.5) is 0 Å². The van der Waals surface area contributed by atoms with E-state index >= 15 is 0 Å². The summed E-state index contributed by atoms with van der Waals surface area (Å²) in [7, 11) is 1.75. The van der Waals surface area contributed by atoms with Crippen molar-refractivity contribution in [2.24, 2.45) is 0 Å². The molecule has 1 heterocycles. The molecule has 4 heteroatoms. The van der Waals surface area contributed by atoms with E-state index in [-0.39, 0.29) is 5.41 Å². The standard InChI is InChI=1S/C13H24N2OS/c1-13(2,3)12-15-11(10-17-12)9-14-7-5-6-8-16-4/h10,14H,5-9H2,1-4H3. The van der Waals surface area contributed by atoms with Gasteiger partial charge >= 0.3 is 0 Å². The molecule has 0 bridgehead atoms. The van der Waals surface area contributed by atoms with Crippen LogP contribution in [-0.2, 0) is 16.7 Å². The molecule has 3 nitrogen and oxygen atoms in total. The van der Waals surface area contributed by atoms with Crippen molar-refractivity contribution in [2.75, 3.05) is 20.3 Å². The number of nitrogens with one attached hydrogen (secondary N) is 1. The van der Waals surface area contributed by atoms with Crippen LogP contribution in [0.3, 0.4) is 0 Å². The lowest BCUT2D eigenvalue weighted by molar-refractivity contribution is 0.192. The van der Waals surface area contributed by atoms with Gasteiger partial charge in [-0.15, -0.1) is 11.3 Å². The molecule has 0 fully saturated rings. The van der Waals surface area contributed by atoms with Gasteiger partial charge in [0.15, 0.2) is 0 Å². The highest BCUT2D eigenvalue weighted by Gasteiger charge is 2.17. The Labute approximate surface area is 109 Å². The van der Waals surface area contributed by atoms with Crippen LogP contribution < -0.4 is 5.32 Å². The molecular weight excluding hydrogens is 232 g/mol. The maximum atomic E-state index is 5.01. The van der Waals surface area contributed by atoms with Crippen LogP contribution in [0.25, 0.3) is 0 Å². The number of rotatable bonds is 7. The van der Waals surface area contributed by atoms with E-state index in [0.717, 1.165) is 38.2 Å². The third-order valence-electron chi connectivity index (χ3n) is 2.45. The monoisotopic (exact) mass is 256 g/mol. The van der Waals surface area contributed by atoms with Crippen LogP contribution in [0.15, 0.2) is 5.38 Å². The quantitative estimate of drug-likeness (QED) is 0.762. The van der Waals surface area contributed by atoms with E-state index in [4.69, 9.17) is 4.74 Å². The maximum Gasteiger partial charge on any atom is 0.0982 e. The first kappa shape index (κ1) is 14.6. The Morgan fingerprint density at radius 3 is 2.71 bits per heavy atom. The molecule has 0 aliphatic carbocycles. The topological polar surface area (TPSA) is 34.1 Å². The fourth-order valence-corrected chi connectivity index (χ4v) is 2.35. The van der Waals surface area contributed by atoms with Crippen molar-refractivity contribution in [3.8, 4) is 0 Å². The van der Waals surface area contributed by atoms with Crippen molar-refractivity contribution in [2.45, 2.75) is 45.6 Å². The lowest BCUT2D eigenvalue weighted by Crippen LogP contribution is -2.16. The first-order chi connectivity index (χ1) is 8.04. The fourth-order valence-electron chi connectivity index (χ4n) is 1.45. The summed E-state index contributed by atoms with van der Waals surface area (Å²) in [5, 5.41) is 6.79. The number of hydrogen-bond acceptors (Lipinski definition) is 4. The van der Waals surface area contributed by atoms with Crippen molar-refractivity contribution in [3.05, 3.63) is 16.1 Å². The van der Waals surface area contributed by atoms with Gasteiger partial charge in [-0.25, -0.2) is 4.98 Å². The maximum absolute atomic E-state index is 5.01. The highest BCUT2D eigenvalue weighted by molar-refractivity contribution is 7.09. The van der Waals surface area contributed by atoms with E-state index in [0.29, 0.717) is 0 Å². The minimum atomic E-state index is 0.168. The summed E-state index contributed by atoms with van der Waals surface area (Å²) in [6.45, 7) is 9.37. The minimum absolute atomic E-state index is 0.168. The van der Waals surface area contributed by atoms with Gasteiger partial charge in [0.25, 0.3) is 0 Å². The summed E-state index contributed by atoms with van der Waals surface area (Å²) in [6, 6.07) is 0. The summed E-state index contributed by atoms with van der Waals surface area (Å²) in [5.74, 6) is 0. The molecule has 0 unspecified atom stereocenters. The Morgan fingerprint density at radius 1 is 1.35 bits per heavy atom. The highest BCUT2D eigenvalue weighted by Crippen LogP contribution is 2.25. The van der Waals surface area contributed by atoms with Gasteiger partial charge in [-0.05, 0) is 19.4 Å². The van der Waals surface area contributed by atoms with Gasteiger partial charge in [-0.2, -0.15) is 0 Å². The number of thiazole rings is 1. The number of hydrogen-bond donors (Lipinski definition) is 1. The lowest BCUT2D eigenvalue weighted by Gasteiger charge is -2.13. The average molecular weight is 256 g/mol. The van der Waals surface area contributed by atoms with E-state index in [2.05, 4.69) is 36.5 Å². The highest BCUT2D eigenvalue weighted by atomic mass is 32.1. The third kappa shape index (κ3) is 5.61. The molecule has 98 valence electrons. The van der Waals surface area contributed by atoms with E-state index < -0.39 is 0 Å². The Bertz CT molecular complexity index is 317.